The second-order valence-electron chi connectivity index (χ2n) is 6.72. The predicted molar refractivity (Wildman–Crippen MR) is 78.9 cm³/mol. The summed E-state index contributed by atoms with van der Waals surface area (Å²) in [5, 5.41) is 14.1. The van der Waals surface area contributed by atoms with Gasteiger partial charge in [0.05, 0.1) is 24.9 Å². The number of ether oxygens (including phenoxy) is 1. The second kappa shape index (κ2) is 6.71. The fourth-order valence-electron chi connectivity index (χ4n) is 3.67. The van der Waals surface area contributed by atoms with Gasteiger partial charge in [0.2, 0.25) is 0 Å². The van der Waals surface area contributed by atoms with Gasteiger partial charge in [0, 0.05) is 38.8 Å². The molecule has 1 aliphatic carbocycles. The van der Waals surface area contributed by atoms with Gasteiger partial charge in [-0.3, -0.25) is 4.90 Å². The van der Waals surface area contributed by atoms with Gasteiger partial charge in [-0.15, -0.1) is 0 Å². The lowest BCUT2D eigenvalue weighted by Gasteiger charge is -2.34. The molecule has 0 aromatic heterocycles. The summed E-state index contributed by atoms with van der Waals surface area (Å²) >= 11 is 0. The van der Waals surface area contributed by atoms with Gasteiger partial charge in [-0.05, 0) is 19.9 Å². The van der Waals surface area contributed by atoms with Crippen molar-refractivity contribution in [3.63, 3.8) is 0 Å². The molecule has 0 amide bonds. The molecule has 0 bridgehead atoms. The molecule has 3 atom stereocenters. The Morgan fingerprint density at radius 2 is 1.85 bits per heavy atom. The molecule has 5 heteroatoms. The summed E-state index contributed by atoms with van der Waals surface area (Å²) < 4.78 is 5.85. The summed E-state index contributed by atoms with van der Waals surface area (Å²) in [7, 11) is 2.17. The van der Waals surface area contributed by atoms with Gasteiger partial charge < -0.3 is 20.1 Å². The number of likely N-dealkylation sites (N-methyl/N-ethyl adjacent to an activating group) is 1. The van der Waals surface area contributed by atoms with Crippen molar-refractivity contribution in [3.8, 4) is 0 Å². The molecule has 0 aromatic rings. The first-order chi connectivity index (χ1) is 9.72. The average molecular weight is 283 g/mol. The molecule has 0 spiro atoms. The van der Waals surface area contributed by atoms with Crippen molar-refractivity contribution in [3.05, 3.63) is 0 Å². The van der Waals surface area contributed by atoms with E-state index in [1.165, 1.54) is 25.7 Å². The summed E-state index contributed by atoms with van der Waals surface area (Å²) in [5.41, 5.74) is 0. The number of nitrogens with zero attached hydrogens (tertiary/aromatic N) is 2. The van der Waals surface area contributed by atoms with Crippen LogP contribution in [-0.4, -0.2) is 85.6 Å². The lowest BCUT2D eigenvalue weighted by molar-refractivity contribution is 0.00584. The molecule has 0 aromatic carbocycles. The second-order valence-corrected chi connectivity index (χ2v) is 6.72. The van der Waals surface area contributed by atoms with Crippen molar-refractivity contribution >= 4 is 0 Å². The van der Waals surface area contributed by atoms with Crippen LogP contribution < -0.4 is 5.32 Å². The van der Waals surface area contributed by atoms with Crippen molar-refractivity contribution in [2.24, 2.45) is 0 Å². The van der Waals surface area contributed by atoms with Crippen LogP contribution in [-0.2, 0) is 4.74 Å². The first kappa shape index (κ1) is 14.7. The minimum Gasteiger partial charge on any atom is -0.389 e. The molecule has 2 aliphatic heterocycles. The van der Waals surface area contributed by atoms with Crippen molar-refractivity contribution in [1.29, 1.82) is 0 Å². The summed E-state index contributed by atoms with van der Waals surface area (Å²) in [6, 6.07) is 0.733. The number of piperazine rings is 1. The van der Waals surface area contributed by atoms with Gasteiger partial charge in [0.15, 0.2) is 0 Å². The Hall–Kier alpha value is -0.200. The molecule has 0 unspecified atom stereocenters. The molecular weight excluding hydrogens is 254 g/mol. The highest BCUT2D eigenvalue weighted by molar-refractivity contribution is 4.93. The van der Waals surface area contributed by atoms with Gasteiger partial charge in [-0.1, -0.05) is 12.8 Å². The highest BCUT2D eigenvalue weighted by Gasteiger charge is 2.38. The van der Waals surface area contributed by atoms with Gasteiger partial charge in [-0.2, -0.15) is 0 Å². The quantitative estimate of drug-likeness (QED) is 0.754. The maximum absolute atomic E-state index is 10.5. The van der Waals surface area contributed by atoms with Crippen LogP contribution in [0, 0.1) is 0 Å². The first-order valence-electron chi connectivity index (χ1n) is 8.19. The van der Waals surface area contributed by atoms with Crippen LogP contribution in [0.3, 0.4) is 0 Å². The Kier molecular flexibility index (Phi) is 4.94. The standard InChI is InChI=1S/C15H29N3O2/c1-17-6-8-18(9-7-17)10-14-15(19)13(11-20-14)16-12-4-2-3-5-12/h12-16,19H,2-11H2,1H3/t13-,14-,15+/m0/s1. The predicted octanol–water partition coefficient (Wildman–Crippen LogP) is -0.106. The van der Waals surface area contributed by atoms with E-state index in [0.29, 0.717) is 12.6 Å². The third-order valence-electron chi connectivity index (χ3n) is 5.12. The van der Waals surface area contributed by atoms with Gasteiger partial charge in [0.25, 0.3) is 0 Å². The zero-order chi connectivity index (χ0) is 13.9. The summed E-state index contributed by atoms with van der Waals surface area (Å²) in [5.74, 6) is 0. The topological polar surface area (TPSA) is 48.0 Å². The molecule has 116 valence electrons. The van der Waals surface area contributed by atoms with Gasteiger partial charge in [-0.25, -0.2) is 0 Å². The number of hydrogen-bond donors (Lipinski definition) is 2. The minimum atomic E-state index is -0.352. The Labute approximate surface area is 122 Å². The van der Waals surface area contributed by atoms with Crippen LogP contribution in [0.25, 0.3) is 0 Å². The molecule has 1 saturated carbocycles. The third-order valence-corrected chi connectivity index (χ3v) is 5.12. The maximum Gasteiger partial charge on any atom is 0.0989 e. The highest BCUT2D eigenvalue weighted by atomic mass is 16.5. The monoisotopic (exact) mass is 283 g/mol. The number of hydrogen-bond acceptors (Lipinski definition) is 5. The van der Waals surface area contributed by atoms with E-state index in [2.05, 4.69) is 22.2 Å². The Balaban J connectivity index is 1.44. The fraction of sp³-hybridized carbons (Fsp3) is 1.00. The molecule has 3 fully saturated rings. The van der Waals surface area contributed by atoms with E-state index in [-0.39, 0.29) is 18.2 Å². The Morgan fingerprint density at radius 1 is 1.15 bits per heavy atom. The van der Waals surface area contributed by atoms with Crippen molar-refractivity contribution in [1.82, 2.24) is 15.1 Å². The van der Waals surface area contributed by atoms with E-state index in [9.17, 15) is 5.11 Å². The maximum atomic E-state index is 10.5. The number of aliphatic hydroxyl groups excluding tert-OH is 1. The van der Waals surface area contributed by atoms with E-state index < -0.39 is 0 Å². The summed E-state index contributed by atoms with van der Waals surface area (Å²) in [6.45, 7) is 5.95. The number of rotatable bonds is 4. The fourth-order valence-corrected chi connectivity index (χ4v) is 3.67. The molecule has 2 heterocycles. The molecule has 2 saturated heterocycles. The largest absolute Gasteiger partial charge is 0.389 e. The SMILES string of the molecule is CN1CCN(C[C@@H]2OC[C@H](NC3CCCC3)[C@H]2O)CC1. The third kappa shape index (κ3) is 3.52. The van der Waals surface area contributed by atoms with Gasteiger partial charge in [0.1, 0.15) is 0 Å². The molecule has 3 rings (SSSR count). The van der Waals surface area contributed by atoms with E-state index in [0.717, 1.165) is 32.7 Å². The molecule has 5 nitrogen and oxygen atoms in total. The van der Waals surface area contributed by atoms with E-state index in [1.807, 2.05) is 0 Å². The molecule has 2 N–H and O–H groups in total. The minimum absolute atomic E-state index is 0.0164. The first-order valence-corrected chi connectivity index (χ1v) is 8.19. The normalized spacial score (nSPS) is 37.8. The highest BCUT2D eigenvalue weighted by Crippen LogP contribution is 2.22. The van der Waals surface area contributed by atoms with Crippen LogP contribution in [0.4, 0.5) is 0 Å². The van der Waals surface area contributed by atoms with Crippen molar-refractivity contribution in [2.75, 3.05) is 46.4 Å². The van der Waals surface area contributed by atoms with Crippen LogP contribution >= 0.6 is 0 Å². The summed E-state index contributed by atoms with van der Waals surface area (Å²) in [6.07, 6.45) is 4.80. The van der Waals surface area contributed by atoms with Crippen molar-refractivity contribution in [2.45, 2.75) is 50.0 Å². The van der Waals surface area contributed by atoms with E-state index >= 15 is 0 Å². The van der Waals surface area contributed by atoms with Crippen LogP contribution in [0.1, 0.15) is 25.7 Å². The van der Waals surface area contributed by atoms with Crippen LogP contribution in [0.2, 0.25) is 0 Å². The average Bonchev–Trinajstić information content (AvgIpc) is 3.06. The van der Waals surface area contributed by atoms with E-state index in [1.54, 1.807) is 0 Å². The zero-order valence-corrected chi connectivity index (χ0v) is 12.6. The van der Waals surface area contributed by atoms with Gasteiger partial charge >= 0.3 is 0 Å². The molecular formula is C15H29N3O2. The van der Waals surface area contributed by atoms with Crippen LogP contribution in [0.15, 0.2) is 0 Å². The molecule has 3 aliphatic rings. The summed E-state index contributed by atoms with van der Waals surface area (Å²) in [4.78, 5) is 4.78. The molecule has 0 radical (unpaired) electrons. The number of aliphatic hydroxyl groups is 1. The molecule has 20 heavy (non-hydrogen) atoms. The smallest absolute Gasteiger partial charge is 0.0989 e. The Morgan fingerprint density at radius 3 is 2.55 bits per heavy atom. The number of nitrogens with one attached hydrogen (secondary N) is 1. The zero-order valence-electron chi connectivity index (χ0n) is 12.6. The van der Waals surface area contributed by atoms with Crippen LogP contribution in [0.5, 0.6) is 0 Å². The Bertz CT molecular complexity index is 301. The van der Waals surface area contributed by atoms with Crippen molar-refractivity contribution < 1.29 is 9.84 Å². The van der Waals surface area contributed by atoms with E-state index in [4.69, 9.17) is 4.74 Å². The lowest BCUT2D eigenvalue weighted by atomic mass is 10.1. The lowest BCUT2D eigenvalue weighted by Crippen LogP contribution is -2.51.